The van der Waals surface area contributed by atoms with Gasteiger partial charge < -0.3 is 21.3 Å². The van der Waals surface area contributed by atoms with Gasteiger partial charge in [-0.2, -0.15) is 0 Å². The van der Waals surface area contributed by atoms with Crippen molar-refractivity contribution in [3.63, 3.8) is 0 Å². The fourth-order valence-corrected chi connectivity index (χ4v) is 7.85. The molecule has 10 nitrogen and oxygen atoms in total. The number of nitrogens with zero attached hydrogens (tertiary/aromatic N) is 3. The minimum Gasteiger partial charge on any atom is -0.352 e. The van der Waals surface area contributed by atoms with Crippen LogP contribution >= 0.6 is 34.5 Å². The number of rotatable bonds is 11. The molecule has 5 heterocycles. The van der Waals surface area contributed by atoms with Crippen molar-refractivity contribution in [3.05, 3.63) is 98.1 Å². The van der Waals surface area contributed by atoms with E-state index in [4.69, 9.17) is 23.2 Å². The highest BCUT2D eigenvalue weighted by Crippen LogP contribution is 2.43. The van der Waals surface area contributed by atoms with E-state index in [1.165, 1.54) is 4.40 Å². The van der Waals surface area contributed by atoms with Gasteiger partial charge in [0.1, 0.15) is 10.7 Å². The molecule has 4 N–H and O–H groups in total. The fraction of sp³-hybridized carbons (Fsp3) is 0.286. The zero-order valence-electron chi connectivity index (χ0n) is 25.9. The Labute approximate surface area is 290 Å². The van der Waals surface area contributed by atoms with Crippen molar-refractivity contribution >= 4 is 52.0 Å². The molecule has 2 fully saturated rings. The molecular weight excluding hydrogens is 669 g/mol. The van der Waals surface area contributed by atoms with Crippen molar-refractivity contribution in [3.8, 4) is 32.7 Å². The lowest BCUT2D eigenvalue weighted by molar-refractivity contribution is -0.120. The number of pyridine rings is 1. The molecule has 0 aliphatic carbocycles. The van der Waals surface area contributed by atoms with Crippen LogP contribution in [-0.2, 0) is 22.7 Å². The summed E-state index contributed by atoms with van der Waals surface area (Å²) < 4.78 is 1.53. The number of halogens is 2. The highest BCUT2D eigenvalue weighted by molar-refractivity contribution is 7.15. The second kappa shape index (κ2) is 14.2. The molecule has 0 radical (unpaired) electrons. The molecule has 13 heteroatoms. The number of hydrogen-bond acceptors (Lipinski definition) is 8. The highest BCUT2D eigenvalue weighted by Gasteiger charge is 2.22. The van der Waals surface area contributed by atoms with E-state index in [2.05, 4.69) is 31.2 Å². The summed E-state index contributed by atoms with van der Waals surface area (Å²) in [6.07, 6.45) is 7.92. The van der Waals surface area contributed by atoms with E-state index >= 15 is 0 Å². The summed E-state index contributed by atoms with van der Waals surface area (Å²) in [4.78, 5) is 46.2. The second-order valence-electron chi connectivity index (χ2n) is 12.1. The van der Waals surface area contributed by atoms with E-state index in [-0.39, 0.29) is 29.5 Å². The number of hydrogen-bond donors (Lipinski definition) is 4. The number of amides is 2. The maximum absolute atomic E-state index is 13.2. The van der Waals surface area contributed by atoms with Crippen LogP contribution in [0, 0.1) is 0 Å². The zero-order valence-corrected chi connectivity index (χ0v) is 28.2. The van der Waals surface area contributed by atoms with Crippen molar-refractivity contribution in [2.45, 2.75) is 50.9 Å². The van der Waals surface area contributed by atoms with Crippen molar-refractivity contribution in [1.29, 1.82) is 0 Å². The topological polar surface area (TPSA) is 130 Å². The molecule has 0 saturated carbocycles. The Morgan fingerprint density at radius 2 is 1.42 bits per heavy atom. The standard InChI is InChI=1S/C35H33Cl2N7O3S/c36-33-24(20-11-12-44-29(13-20)40-15-21(35(44)47)14-38-16-22-7-9-30(45)42-22)3-1-4-25(33)26-5-2-6-27(34(26)37)28-18-41-32(48-28)19-39-17-23-8-10-31(46)43-23/h1-6,11-13,15,18,22-23,38-39H,7-10,14,16-17,19H2,(H,42,45)(H,43,46)/t22-,23+/m1/s1. The quantitative estimate of drug-likeness (QED) is 0.149. The Kier molecular flexibility index (Phi) is 9.56. The van der Waals surface area contributed by atoms with E-state index < -0.39 is 0 Å². The first-order valence-corrected chi connectivity index (χ1v) is 17.4. The Morgan fingerprint density at radius 1 is 0.792 bits per heavy atom. The van der Waals surface area contributed by atoms with Gasteiger partial charge in [-0.1, -0.05) is 59.6 Å². The number of carbonyl (C=O) groups excluding carboxylic acids is 2. The van der Waals surface area contributed by atoms with Gasteiger partial charge in [0, 0.05) is 97.5 Å². The third kappa shape index (κ3) is 6.87. The van der Waals surface area contributed by atoms with Crippen molar-refractivity contribution in [2.24, 2.45) is 0 Å². The maximum Gasteiger partial charge on any atom is 0.262 e. The lowest BCUT2D eigenvalue weighted by Crippen LogP contribution is -2.36. The molecule has 2 aliphatic rings. The molecule has 5 aromatic rings. The van der Waals surface area contributed by atoms with Crippen LogP contribution in [0.15, 0.2) is 71.9 Å². The Bertz CT molecular complexity index is 2080. The van der Waals surface area contributed by atoms with Gasteiger partial charge in [-0.25, -0.2) is 9.97 Å². The average Bonchev–Trinajstić information content (AvgIpc) is 3.84. The molecular formula is C35H33Cl2N7O3S. The third-order valence-corrected chi connectivity index (χ3v) is 10.6. The molecule has 0 spiro atoms. The SMILES string of the molecule is O=C1CC[C@H](CNCc2cnc3cc(-c4cccc(-c5cccc(-c6cnc(CNC[C@@H]7CCC(=O)N7)s6)c5Cl)c4Cl)ccn3c2=O)N1. The van der Waals surface area contributed by atoms with Gasteiger partial charge in [0.2, 0.25) is 11.8 Å². The molecule has 2 saturated heterocycles. The van der Waals surface area contributed by atoms with Gasteiger partial charge in [-0.3, -0.25) is 18.8 Å². The van der Waals surface area contributed by atoms with Gasteiger partial charge in [0.15, 0.2) is 0 Å². The van der Waals surface area contributed by atoms with Crippen molar-refractivity contribution in [1.82, 2.24) is 35.6 Å². The summed E-state index contributed by atoms with van der Waals surface area (Å²) in [6, 6.07) is 15.7. The number of thiazole rings is 1. The van der Waals surface area contributed by atoms with Crippen LogP contribution in [0.1, 0.15) is 36.3 Å². The summed E-state index contributed by atoms with van der Waals surface area (Å²) >= 11 is 15.7. The maximum atomic E-state index is 13.2. The largest absolute Gasteiger partial charge is 0.352 e. The summed E-state index contributed by atoms with van der Waals surface area (Å²) in [5, 5.41) is 14.6. The Hall–Kier alpha value is -4.13. The number of aromatic nitrogens is 3. The molecule has 2 aromatic carbocycles. The van der Waals surface area contributed by atoms with Gasteiger partial charge in [0.05, 0.1) is 14.9 Å². The van der Waals surface area contributed by atoms with Gasteiger partial charge in [-0.05, 0) is 30.5 Å². The molecule has 2 aliphatic heterocycles. The van der Waals surface area contributed by atoms with E-state index in [0.29, 0.717) is 60.3 Å². The molecule has 0 unspecified atom stereocenters. The molecule has 7 rings (SSSR count). The first kappa shape index (κ1) is 32.4. The van der Waals surface area contributed by atoms with Gasteiger partial charge >= 0.3 is 0 Å². The number of benzene rings is 2. The summed E-state index contributed by atoms with van der Waals surface area (Å²) in [7, 11) is 0. The van der Waals surface area contributed by atoms with E-state index in [1.54, 1.807) is 23.7 Å². The Balaban J connectivity index is 1.08. The van der Waals surface area contributed by atoms with Gasteiger partial charge in [0.25, 0.3) is 5.56 Å². The smallest absolute Gasteiger partial charge is 0.262 e. The normalized spacial score (nSPS) is 17.6. The monoisotopic (exact) mass is 701 g/mol. The number of nitrogens with one attached hydrogen (secondary N) is 4. The predicted molar refractivity (Wildman–Crippen MR) is 189 cm³/mol. The third-order valence-electron chi connectivity index (χ3n) is 8.74. The van der Waals surface area contributed by atoms with Crippen LogP contribution in [-0.4, -0.2) is 51.4 Å². The molecule has 0 bridgehead atoms. The van der Waals surface area contributed by atoms with Crippen LogP contribution in [0.2, 0.25) is 10.0 Å². The summed E-state index contributed by atoms with van der Waals surface area (Å²) in [6.45, 7) is 2.27. The lowest BCUT2D eigenvalue weighted by atomic mass is 9.97. The van der Waals surface area contributed by atoms with E-state index in [9.17, 15) is 14.4 Å². The zero-order chi connectivity index (χ0) is 33.2. The number of fused-ring (bicyclic) bond motifs is 1. The minimum atomic E-state index is -0.151. The molecule has 3 aromatic heterocycles. The average molecular weight is 703 g/mol. The highest BCUT2D eigenvalue weighted by atomic mass is 35.5. The minimum absolute atomic E-state index is 0.0652. The van der Waals surface area contributed by atoms with Crippen LogP contribution in [0.4, 0.5) is 0 Å². The predicted octanol–water partition coefficient (Wildman–Crippen LogP) is 5.20. The summed E-state index contributed by atoms with van der Waals surface area (Å²) in [5.74, 6) is 0.173. The van der Waals surface area contributed by atoms with Crippen LogP contribution in [0.5, 0.6) is 0 Å². The van der Waals surface area contributed by atoms with E-state index in [0.717, 1.165) is 50.5 Å². The van der Waals surface area contributed by atoms with Crippen molar-refractivity contribution < 1.29 is 9.59 Å². The Morgan fingerprint density at radius 3 is 2.08 bits per heavy atom. The van der Waals surface area contributed by atoms with Crippen LogP contribution in [0.3, 0.4) is 0 Å². The van der Waals surface area contributed by atoms with Gasteiger partial charge in [-0.15, -0.1) is 11.3 Å². The molecule has 2 amide bonds. The first-order chi connectivity index (χ1) is 23.3. The number of carbonyl (C=O) groups is 2. The lowest BCUT2D eigenvalue weighted by Gasteiger charge is -2.14. The summed E-state index contributed by atoms with van der Waals surface area (Å²) in [5.41, 5.74) is 4.97. The van der Waals surface area contributed by atoms with Crippen molar-refractivity contribution in [2.75, 3.05) is 13.1 Å². The van der Waals surface area contributed by atoms with Crippen LogP contribution in [0.25, 0.3) is 38.3 Å². The molecule has 246 valence electrons. The second-order valence-corrected chi connectivity index (χ2v) is 13.9. The fourth-order valence-electron chi connectivity index (χ4n) is 6.21. The van der Waals surface area contributed by atoms with E-state index in [1.807, 2.05) is 54.7 Å². The van der Waals surface area contributed by atoms with Crippen LogP contribution < -0.4 is 26.8 Å². The molecule has 2 atom stereocenters. The molecule has 48 heavy (non-hydrogen) atoms. The first-order valence-electron chi connectivity index (χ1n) is 15.9.